The summed E-state index contributed by atoms with van der Waals surface area (Å²) in [7, 11) is 0. The summed E-state index contributed by atoms with van der Waals surface area (Å²) in [6, 6.07) is 20.0. The molecule has 2 aromatic carbocycles. The molecule has 1 heteroatoms. The Morgan fingerprint density at radius 3 is 1.33 bits per heavy atom. The summed E-state index contributed by atoms with van der Waals surface area (Å²) < 4.78 is 0. The Labute approximate surface area is 239 Å². The van der Waals surface area contributed by atoms with E-state index in [9.17, 15) is 0 Å². The highest BCUT2D eigenvalue weighted by molar-refractivity contribution is 7.18. The van der Waals surface area contributed by atoms with Gasteiger partial charge in [0.1, 0.15) is 0 Å². The molecule has 0 amide bonds. The number of fused-ring (bicyclic) bond motifs is 10. The molecule has 5 aliphatic rings. The number of allylic oxidation sites excluding steroid dienone is 2. The van der Waals surface area contributed by atoms with Crippen LogP contribution < -0.4 is 0 Å². The van der Waals surface area contributed by atoms with Crippen molar-refractivity contribution in [1.29, 1.82) is 0 Å². The minimum absolute atomic E-state index is 0.694. The molecule has 2 atom stereocenters. The third-order valence-corrected chi connectivity index (χ3v) is 12.5. The van der Waals surface area contributed by atoms with E-state index < -0.39 is 0 Å². The van der Waals surface area contributed by atoms with Crippen LogP contribution in [0.15, 0.2) is 59.7 Å². The van der Waals surface area contributed by atoms with E-state index in [0.29, 0.717) is 11.8 Å². The smallest absolute Gasteiger partial charge is 0.0355 e. The lowest BCUT2D eigenvalue weighted by molar-refractivity contribution is 0.442. The molecule has 202 valence electrons. The van der Waals surface area contributed by atoms with Gasteiger partial charge in [0.15, 0.2) is 0 Å². The van der Waals surface area contributed by atoms with E-state index in [1.54, 1.807) is 43.1 Å². The maximum atomic E-state index is 2.53. The zero-order chi connectivity index (χ0) is 25.8. The van der Waals surface area contributed by atoms with E-state index in [-0.39, 0.29) is 0 Å². The number of thiophene rings is 1. The van der Waals surface area contributed by atoms with Gasteiger partial charge in [0.25, 0.3) is 0 Å². The van der Waals surface area contributed by atoms with Crippen molar-refractivity contribution in [3.05, 3.63) is 81.9 Å². The normalized spacial score (nSPS) is 25.5. The lowest BCUT2D eigenvalue weighted by Gasteiger charge is -2.37. The molecule has 0 spiro atoms. The van der Waals surface area contributed by atoms with Crippen molar-refractivity contribution < 1.29 is 0 Å². The van der Waals surface area contributed by atoms with Crippen molar-refractivity contribution in [2.24, 2.45) is 0 Å². The maximum Gasteiger partial charge on any atom is 0.0355 e. The second-order valence-corrected chi connectivity index (χ2v) is 14.6. The van der Waals surface area contributed by atoms with Crippen LogP contribution in [0.1, 0.15) is 149 Å². The van der Waals surface area contributed by atoms with Gasteiger partial charge in [-0.2, -0.15) is 0 Å². The second kappa shape index (κ2) is 10.4. The average Bonchev–Trinajstić information content (AvgIpc) is 3.50. The molecule has 0 radical (unpaired) electrons. The van der Waals surface area contributed by atoms with Crippen LogP contribution >= 0.6 is 11.3 Å². The number of benzene rings is 2. The Bertz CT molecular complexity index is 1290. The Balaban J connectivity index is 1.35. The SMILES string of the molecule is c1cc(C2CCCCC2)c2c(c1)C1CCC3=C(C1)CC(CC3)c1cccc(C3CCCCC3)c1-c1ccc-2s1. The Morgan fingerprint density at radius 1 is 0.436 bits per heavy atom. The first kappa shape index (κ1) is 24.7. The first-order valence-electron chi connectivity index (χ1n) is 16.4. The largest absolute Gasteiger partial charge is 0.135 e. The fourth-order valence-electron chi connectivity index (χ4n) is 9.42. The van der Waals surface area contributed by atoms with Gasteiger partial charge in [-0.3, -0.25) is 0 Å². The molecule has 2 heterocycles. The average molecular weight is 533 g/mol. The molecule has 0 saturated heterocycles. The predicted molar refractivity (Wildman–Crippen MR) is 167 cm³/mol. The fourth-order valence-corrected chi connectivity index (χ4v) is 10.6. The molecule has 1 aromatic heterocycles. The molecule has 5 bridgehead atoms. The van der Waals surface area contributed by atoms with E-state index in [2.05, 4.69) is 59.9 Å². The standard InChI is InChI=1S/C38H44S/c1-3-9-26(10-4-1)31-13-7-15-33-28-19-17-25-18-20-29(24-30(25)23-28)34-16-8-14-32(27-11-5-2-6-12-27)38(34)36-22-21-35(39-36)37(31)33/h7-8,13-16,21-22,26-29H,1-6,9-12,17-20,23-24H2. The summed E-state index contributed by atoms with van der Waals surface area (Å²) >= 11 is 2.13. The molecule has 2 unspecified atom stereocenters. The summed E-state index contributed by atoms with van der Waals surface area (Å²) in [5, 5.41) is 0. The molecule has 2 fully saturated rings. The van der Waals surface area contributed by atoms with Crippen LogP contribution in [0.4, 0.5) is 0 Å². The van der Waals surface area contributed by atoms with Crippen molar-refractivity contribution in [2.75, 3.05) is 0 Å². The predicted octanol–water partition coefficient (Wildman–Crippen LogP) is 12.0. The third kappa shape index (κ3) is 4.39. The molecule has 0 nitrogen and oxygen atoms in total. The lowest BCUT2D eigenvalue weighted by Crippen LogP contribution is -2.18. The number of hydrogen-bond acceptors (Lipinski definition) is 1. The molecule has 0 N–H and O–H groups in total. The molecule has 2 saturated carbocycles. The van der Waals surface area contributed by atoms with Gasteiger partial charge in [0.2, 0.25) is 0 Å². The van der Waals surface area contributed by atoms with Gasteiger partial charge >= 0.3 is 0 Å². The molecule has 39 heavy (non-hydrogen) atoms. The van der Waals surface area contributed by atoms with Gasteiger partial charge in [-0.05, 0) is 133 Å². The van der Waals surface area contributed by atoms with Crippen molar-refractivity contribution >= 4 is 11.3 Å². The van der Waals surface area contributed by atoms with Crippen LogP contribution in [0.5, 0.6) is 0 Å². The van der Waals surface area contributed by atoms with Gasteiger partial charge in [0.05, 0.1) is 0 Å². The summed E-state index contributed by atoms with van der Waals surface area (Å²) in [6.07, 6.45) is 22.0. The molecule has 1 aliphatic heterocycles. The second-order valence-electron chi connectivity index (χ2n) is 13.5. The zero-order valence-corrected chi connectivity index (χ0v) is 24.5. The van der Waals surface area contributed by atoms with Crippen molar-refractivity contribution in [3.63, 3.8) is 0 Å². The summed E-state index contributed by atoms with van der Waals surface area (Å²) in [5.41, 5.74) is 13.7. The van der Waals surface area contributed by atoms with Crippen molar-refractivity contribution in [1.82, 2.24) is 0 Å². The van der Waals surface area contributed by atoms with Gasteiger partial charge in [-0.25, -0.2) is 0 Å². The molecule has 3 aromatic rings. The van der Waals surface area contributed by atoms with E-state index in [4.69, 9.17) is 0 Å². The summed E-state index contributed by atoms with van der Waals surface area (Å²) in [5.74, 6) is 2.88. The van der Waals surface area contributed by atoms with Crippen LogP contribution in [0, 0.1) is 0 Å². The Kier molecular flexibility index (Phi) is 6.56. The number of rotatable bonds is 2. The first-order valence-corrected chi connectivity index (χ1v) is 17.2. The van der Waals surface area contributed by atoms with Gasteiger partial charge < -0.3 is 0 Å². The Hall–Kier alpha value is -2.12. The Morgan fingerprint density at radius 2 is 0.872 bits per heavy atom. The maximum absolute atomic E-state index is 2.53. The van der Waals surface area contributed by atoms with Gasteiger partial charge in [-0.15, -0.1) is 11.3 Å². The monoisotopic (exact) mass is 532 g/mol. The summed E-state index contributed by atoms with van der Waals surface area (Å²) in [4.78, 5) is 3.10. The van der Waals surface area contributed by atoms with E-state index in [0.717, 1.165) is 11.8 Å². The molecular weight excluding hydrogens is 488 g/mol. The highest BCUT2D eigenvalue weighted by Gasteiger charge is 2.34. The quantitative estimate of drug-likeness (QED) is 0.288. The van der Waals surface area contributed by atoms with Gasteiger partial charge in [0, 0.05) is 9.75 Å². The first-order chi connectivity index (χ1) is 19.3. The van der Waals surface area contributed by atoms with E-state index in [1.165, 1.54) is 103 Å². The minimum atomic E-state index is 0.694. The van der Waals surface area contributed by atoms with E-state index in [1.807, 2.05) is 11.1 Å². The molecular formula is C38H44S. The third-order valence-electron chi connectivity index (χ3n) is 11.4. The molecule has 4 aliphatic carbocycles. The van der Waals surface area contributed by atoms with Crippen LogP contribution in [0.25, 0.3) is 20.9 Å². The van der Waals surface area contributed by atoms with Crippen molar-refractivity contribution in [3.8, 4) is 20.9 Å². The molecule has 8 rings (SSSR count). The van der Waals surface area contributed by atoms with Crippen molar-refractivity contribution in [2.45, 2.75) is 126 Å². The van der Waals surface area contributed by atoms with E-state index >= 15 is 0 Å². The van der Waals surface area contributed by atoms with Crippen LogP contribution in [-0.2, 0) is 0 Å². The minimum Gasteiger partial charge on any atom is -0.135 e. The summed E-state index contributed by atoms with van der Waals surface area (Å²) in [6.45, 7) is 0. The topological polar surface area (TPSA) is 0 Å². The highest BCUT2D eigenvalue weighted by atomic mass is 32.1. The fraction of sp³-hybridized carbons (Fsp3) is 0.526. The lowest BCUT2D eigenvalue weighted by atomic mass is 9.69. The highest BCUT2D eigenvalue weighted by Crippen LogP contribution is 2.54. The van der Waals surface area contributed by atoms with Crippen LogP contribution in [0.3, 0.4) is 0 Å². The van der Waals surface area contributed by atoms with Crippen LogP contribution in [0.2, 0.25) is 0 Å². The van der Waals surface area contributed by atoms with Crippen LogP contribution in [-0.4, -0.2) is 0 Å². The number of hydrogen-bond donors (Lipinski definition) is 0. The zero-order valence-electron chi connectivity index (χ0n) is 23.7. The van der Waals surface area contributed by atoms with Gasteiger partial charge in [-0.1, -0.05) is 86.1 Å².